The van der Waals surface area contributed by atoms with Crippen LogP contribution in [0.3, 0.4) is 0 Å². The molecule has 1 aromatic heterocycles. The maximum Gasteiger partial charge on any atom is 0.292 e. The molecule has 1 fully saturated rings. The predicted octanol–water partition coefficient (Wildman–Crippen LogP) is 1.78. The van der Waals surface area contributed by atoms with Gasteiger partial charge in [-0.1, -0.05) is 0 Å². The molecule has 0 unspecified atom stereocenters. The van der Waals surface area contributed by atoms with E-state index in [1.807, 2.05) is 0 Å². The second-order valence-electron chi connectivity index (χ2n) is 4.99. The highest BCUT2D eigenvalue weighted by molar-refractivity contribution is 5.91. The Morgan fingerprint density at radius 3 is 2.50 bits per heavy atom. The van der Waals surface area contributed by atoms with Gasteiger partial charge in [-0.15, -0.1) is 0 Å². The van der Waals surface area contributed by atoms with E-state index in [1.165, 1.54) is 25.3 Å². The number of rotatable bonds is 3. The zero-order chi connectivity index (χ0) is 15.5. The lowest BCUT2D eigenvalue weighted by molar-refractivity contribution is 0.0704. The first kappa shape index (κ1) is 14.4. The molecule has 0 N–H and O–H groups in total. The SMILES string of the molecule is COc1cc(C(=O)N2CCN(c3ccc(F)cc3)CC2)on1. The highest BCUT2D eigenvalue weighted by atomic mass is 19.1. The molecular formula is C15H16FN3O3. The van der Waals surface area contributed by atoms with Crippen molar-refractivity contribution in [2.75, 3.05) is 38.2 Å². The summed E-state index contributed by atoms with van der Waals surface area (Å²) in [5.74, 6) is 0.00627. The molecule has 3 rings (SSSR count). The first-order valence-electron chi connectivity index (χ1n) is 6.98. The fourth-order valence-corrected chi connectivity index (χ4v) is 2.43. The molecule has 0 aliphatic carbocycles. The normalized spacial score (nSPS) is 15.0. The van der Waals surface area contributed by atoms with Crippen LogP contribution in [-0.2, 0) is 0 Å². The molecule has 1 amide bonds. The van der Waals surface area contributed by atoms with Crippen molar-refractivity contribution in [2.45, 2.75) is 0 Å². The lowest BCUT2D eigenvalue weighted by Gasteiger charge is -2.35. The van der Waals surface area contributed by atoms with Crippen molar-refractivity contribution in [1.82, 2.24) is 10.1 Å². The summed E-state index contributed by atoms with van der Waals surface area (Å²) in [5, 5.41) is 3.63. The van der Waals surface area contributed by atoms with Gasteiger partial charge in [0.2, 0.25) is 5.76 Å². The molecule has 0 spiro atoms. The van der Waals surface area contributed by atoms with E-state index in [-0.39, 0.29) is 23.4 Å². The van der Waals surface area contributed by atoms with Gasteiger partial charge < -0.3 is 19.1 Å². The lowest BCUT2D eigenvalue weighted by atomic mass is 10.2. The standard InChI is InChI=1S/C15H16FN3O3/c1-21-14-10-13(22-17-14)15(20)19-8-6-18(7-9-19)12-4-2-11(16)3-5-12/h2-5,10H,6-9H2,1H3. The number of ether oxygens (including phenoxy) is 1. The molecule has 1 saturated heterocycles. The van der Waals surface area contributed by atoms with Gasteiger partial charge in [0.05, 0.1) is 13.2 Å². The molecule has 0 atom stereocenters. The average Bonchev–Trinajstić information content (AvgIpc) is 3.04. The summed E-state index contributed by atoms with van der Waals surface area (Å²) in [4.78, 5) is 16.1. The quantitative estimate of drug-likeness (QED) is 0.865. The first-order chi connectivity index (χ1) is 10.7. The van der Waals surface area contributed by atoms with Crippen LogP contribution >= 0.6 is 0 Å². The summed E-state index contributed by atoms with van der Waals surface area (Å²) in [6.07, 6.45) is 0. The van der Waals surface area contributed by atoms with Crippen molar-refractivity contribution in [3.8, 4) is 5.88 Å². The number of carbonyl (C=O) groups excluding carboxylic acids is 1. The third-order valence-corrected chi connectivity index (χ3v) is 3.67. The topological polar surface area (TPSA) is 58.8 Å². The molecule has 116 valence electrons. The molecule has 1 aromatic carbocycles. The molecule has 0 saturated carbocycles. The van der Waals surface area contributed by atoms with Gasteiger partial charge in [0, 0.05) is 31.9 Å². The number of hydrogen-bond donors (Lipinski definition) is 0. The highest BCUT2D eigenvalue weighted by Gasteiger charge is 2.25. The lowest BCUT2D eigenvalue weighted by Crippen LogP contribution is -2.48. The second-order valence-corrected chi connectivity index (χ2v) is 4.99. The second kappa shape index (κ2) is 6.05. The van der Waals surface area contributed by atoms with E-state index in [2.05, 4.69) is 10.1 Å². The minimum atomic E-state index is -0.253. The Balaban J connectivity index is 1.61. The third-order valence-electron chi connectivity index (χ3n) is 3.67. The van der Waals surface area contributed by atoms with E-state index < -0.39 is 0 Å². The minimum Gasteiger partial charge on any atom is -0.479 e. The van der Waals surface area contributed by atoms with E-state index in [1.54, 1.807) is 17.0 Å². The van der Waals surface area contributed by atoms with Crippen molar-refractivity contribution in [2.24, 2.45) is 0 Å². The van der Waals surface area contributed by atoms with Crippen LogP contribution in [0.15, 0.2) is 34.9 Å². The average molecular weight is 305 g/mol. The van der Waals surface area contributed by atoms with Crippen molar-refractivity contribution in [1.29, 1.82) is 0 Å². The number of piperazine rings is 1. The van der Waals surface area contributed by atoms with Crippen LogP contribution in [0, 0.1) is 5.82 Å². The van der Waals surface area contributed by atoms with Crippen molar-refractivity contribution >= 4 is 11.6 Å². The Bertz CT molecular complexity index is 648. The molecule has 1 aliphatic heterocycles. The van der Waals surface area contributed by atoms with E-state index in [9.17, 15) is 9.18 Å². The van der Waals surface area contributed by atoms with Crippen LogP contribution in [0.25, 0.3) is 0 Å². The summed E-state index contributed by atoms with van der Waals surface area (Å²) in [6.45, 7) is 2.50. The number of halogens is 1. The van der Waals surface area contributed by atoms with Crippen LogP contribution in [-0.4, -0.2) is 49.3 Å². The number of nitrogens with zero attached hydrogens (tertiary/aromatic N) is 3. The smallest absolute Gasteiger partial charge is 0.292 e. The number of benzene rings is 1. The van der Waals surface area contributed by atoms with Gasteiger partial charge in [-0.3, -0.25) is 4.79 Å². The van der Waals surface area contributed by atoms with Crippen LogP contribution in [0.4, 0.5) is 10.1 Å². The predicted molar refractivity (Wildman–Crippen MR) is 77.6 cm³/mol. The summed E-state index contributed by atoms with van der Waals surface area (Å²) < 4.78 is 22.8. The van der Waals surface area contributed by atoms with Crippen LogP contribution < -0.4 is 9.64 Å². The van der Waals surface area contributed by atoms with Gasteiger partial charge in [-0.2, -0.15) is 0 Å². The number of hydrogen-bond acceptors (Lipinski definition) is 5. The van der Waals surface area contributed by atoms with Gasteiger partial charge in [0.15, 0.2) is 0 Å². The van der Waals surface area contributed by atoms with Crippen molar-refractivity contribution in [3.63, 3.8) is 0 Å². The summed E-state index contributed by atoms with van der Waals surface area (Å²) in [7, 11) is 1.47. The highest BCUT2D eigenvalue weighted by Crippen LogP contribution is 2.19. The molecular weight excluding hydrogens is 289 g/mol. The maximum absolute atomic E-state index is 12.9. The van der Waals surface area contributed by atoms with E-state index >= 15 is 0 Å². The molecule has 2 heterocycles. The first-order valence-corrected chi connectivity index (χ1v) is 6.98. The molecule has 0 bridgehead atoms. The third kappa shape index (κ3) is 2.88. The number of aromatic nitrogens is 1. The molecule has 6 nitrogen and oxygen atoms in total. The Hall–Kier alpha value is -2.57. The summed E-state index contributed by atoms with van der Waals surface area (Å²) in [5.41, 5.74) is 0.954. The molecule has 1 aliphatic rings. The maximum atomic E-state index is 12.9. The number of anilines is 1. The zero-order valence-electron chi connectivity index (χ0n) is 12.2. The number of carbonyl (C=O) groups is 1. The molecule has 7 heteroatoms. The molecule has 0 radical (unpaired) electrons. The summed E-state index contributed by atoms with van der Waals surface area (Å²) in [6, 6.07) is 7.85. The van der Waals surface area contributed by atoms with Gasteiger partial charge in [0.1, 0.15) is 5.82 Å². The number of methoxy groups -OCH3 is 1. The van der Waals surface area contributed by atoms with Crippen LogP contribution in [0.5, 0.6) is 5.88 Å². The number of amides is 1. The Morgan fingerprint density at radius 1 is 1.23 bits per heavy atom. The monoisotopic (exact) mass is 305 g/mol. The van der Waals surface area contributed by atoms with E-state index in [0.717, 1.165) is 5.69 Å². The van der Waals surface area contributed by atoms with Gasteiger partial charge >= 0.3 is 0 Å². The van der Waals surface area contributed by atoms with Crippen molar-refractivity contribution in [3.05, 3.63) is 41.9 Å². The van der Waals surface area contributed by atoms with E-state index in [4.69, 9.17) is 9.26 Å². The Morgan fingerprint density at radius 2 is 1.91 bits per heavy atom. The zero-order valence-corrected chi connectivity index (χ0v) is 12.2. The van der Waals surface area contributed by atoms with Gasteiger partial charge in [-0.05, 0) is 29.4 Å². The fraction of sp³-hybridized carbons (Fsp3) is 0.333. The van der Waals surface area contributed by atoms with Crippen molar-refractivity contribution < 1.29 is 18.4 Å². The molecule has 2 aromatic rings. The van der Waals surface area contributed by atoms with E-state index in [0.29, 0.717) is 26.2 Å². The minimum absolute atomic E-state index is 0.173. The Kier molecular flexibility index (Phi) is 3.95. The largest absolute Gasteiger partial charge is 0.479 e. The van der Waals surface area contributed by atoms with Gasteiger partial charge in [-0.25, -0.2) is 4.39 Å². The van der Waals surface area contributed by atoms with Crippen LogP contribution in [0.2, 0.25) is 0 Å². The summed E-state index contributed by atoms with van der Waals surface area (Å²) >= 11 is 0. The van der Waals surface area contributed by atoms with Gasteiger partial charge in [0.25, 0.3) is 11.8 Å². The van der Waals surface area contributed by atoms with Crippen LogP contribution in [0.1, 0.15) is 10.6 Å². The molecule has 22 heavy (non-hydrogen) atoms. The fourth-order valence-electron chi connectivity index (χ4n) is 2.43. The Labute approximate surface area is 127 Å².